The lowest BCUT2D eigenvalue weighted by molar-refractivity contribution is -0.167. The minimum atomic E-state index is -0.798. The Bertz CT molecular complexity index is 1540. The number of allylic oxidation sites excluding steroid dienone is 16. The molecular weight excluding hydrogens is 973 g/mol. The molecule has 0 aliphatic heterocycles. The molecule has 0 heterocycles. The summed E-state index contributed by atoms with van der Waals surface area (Å²) in [4.78, 5) is 38.4. The predicted octanol–water partition coefficient (Wildman–Crippen LogP) is 23.2. The summed E-state index contributed by atoms with van der Waals surface area (Å²) in [6.07, 6.45) is 89.9. The Labute approximate surface area is 489 Å². The van der Waals surface area contributed by atoms with Gasteiger partial charge in [0.1, 0.15) is 13.2 Å². The Morgan fingerprint density at radius 1 is 0.266 bits per heavy atom. The first-order valence-electron chi connectivity index (χ1n) is 33.7. The highest BCUT2D eigenvalue weighted by Crippen LogP contribution is 2.16. The first-order valence-corrected chi connectivity index (χ1v) is 33.7. The van der Waals surface area contributed by atoms with Gasteiger partial charge in [0.15, 0.2) is 6.10 Å². The third-order valence-electron chi connectivity index (χ3n) is 14.5. The van der Waals surface area contributed by atoms with Gasteiger partial charge in [-0.15, -0.1) is 0 Å². The van der Waals surface area contributed by atoms with Gasteiger partial charge in [0.05, 0.1) is 0 Å². The third-order valence-corrected chi connectivity index (χ3v) is 14.5. The van der Waals surface area contributed by atoms with Crippen molar-refractivity contribution in [1.29, 1.82) is 0 Å². The Hall–Kier alpha value is -3.67. The molecule has 0 N–H and O–H groups in total. The summed E-state index contributed by atoms with van der Waals surface area (Å²) in [7, 11) is 0. The van der Waals surface area contributed by atoms with Crippen molar-refractivity contribution in [2.24, 2.45) is 0 Å². The summed E-state index contributed by atoms with van der Waals surface area (Å²) in [6, 6.07) is 0. The zero-order chi connectivity index (χ0) is 57.1. The molecule has 1 unspecified atom stereocenters. The van der Waals surface area contributed by atoms with Crippen LogP contribution in [0.25, 0.3) is 0 Å². The number of carbonyl (C=O) groups excluding carboxylic acids is 3. The second kappa shape index (κ2) is 66.8. The van der Waals surface area contributed by atoms with Crippen LogP contribution in [0.5, 0.6) is 0 Å². The quantitative estimate of drug-likeness (QED) is 0.0261. The molecule has 0 saturated carbocycles. The maximum Gasteiger partial charge on any atom is 0.306 e. The van der Waals surface area contributed by atoms with E-state index in [-0.39, 0.29) is 31.1 Å². The molecule has 0 aromatic carbocycles. The van der Waals surface area contributed by atoms with E-state index in [1.165, 1.54) is 167 Å². The van der Waals surface area contributed by atoms with Crippen LogP contribution in [0, 0.1) is 0 Å². The molecule has 0 aromatic heterocycles. The van der Waals surface area contributed by atoms with E-state index in [0.717, 1.165) is 122 Å². The Morgan fingerprint density at radius 3 is 0.785 bits per heavy atom. The SMILES string of the molecule is CC/C=C\C/C=C\C/C=C\C/C=C\CCCCCCC(=O)OCC(COC(=O)CCCCCCCCCCCCC/C=C\CCCCCCCCCC)OC(=O)CCCCCCCC/C=C\C/C=C\C/C=C\CCCCCCC. The highest BCUT2D eigenvalue weighted by Gasteiger charge is 2.19. The summed E-state index contributed by atoms with van der Waals surface area (Å²) in [6.45, 7) is 6.52. The molecule has 0 spiro atoms. The van der Waals surface area contributed by atoms with Crippen molar-refractivity contribution in [3.05, 3.63) is 97.2 Å². The Morgan fingerprint density at radius 2 is 0.494 bits per heavy atom. The molecule has 0 rings (SSSR count). The summed E-state index contributed by atoms with van der Waals surface area (Å²) in [5.74, 6) is -0.917. The Balaban J connectivity index is 4.41. The fourth-order valence-electron chi connectivity index (χ4n) is 9.50. The lowest BCUT2D eigenvalue weighted by atomic mass is 10.0. The molecule has 0 aliphatic carbocycles. The van der Waals surface area contributed by atoms with E-state index in [0.29, 0.717) is 19.3 Å². The van der Waals surface area contributed by atoms with Gasteiger partial charge in [-0.2, -0.15) is 0 Å². The molecule has 79 heavy (non-hydrogen) atoms. The molecule has 0 saturated heterocycles. The molecule has 0 amide bonds. The molecule has 6 heteroatoms. The number of ether oxygens (including phenoxy) is 3. The Kier molecular flexibility index (Phi) is 63.7. The van der Waals surface area contributed by atoms with Crippen LogP contribution in [-0.4, -0.2) is 37.2 Å². The third kappa shape index (κ3) is 65.0. The highest BCUT2D eigenvalue weighted by atomic mass is 16.6. The van der Waals surface area contributed by atoms with Crippen molar-refractivity contribution in [2.75, 3.05) is 13.2 Å². The van der Waals surface area contributed by atoms with E-state index in [9.17, 15) is 14.4 Å². The summed E-state index contributed by atoms with van der Waals surface area (Å²) >= 11 is 0. The number of unbranched alkanes of at least 4 members (excludes halogenated alkanes) is 34. The average Bonchev–Trinajstić information content (AvgIpc) is 3.45. The number of esters is 3. The van der Waals surface area contributed by atoms with Crippen LogP contribution in [0.2, 0.25) is 0 Å². The van der Waals surface area contributed by atoms with Gasteiger partial charge in [0, 0.05) is 19.3 Å². The van der Waals surface area contributed by atoms with Crippen LogP contribution in [-0.2, 0) is 28.6 Å². The van der Waals surface area contributed by atoms with Gasteiger partial charge in [-0.25, -0.2) is 0 Å². The van der Waals surface area contributed by atoms with Gasteiger partial charge < -0.3 is 14.2 Å². The van der Waals surface area contributed by atoms with Gasteiger partial charge in [-0.3, -0.25) is 14.4 Å². The second-order valence-electron chi connectivity index (χ2n) is 22.3. The van der Waals surface area contributed by atoms with Gasteiger partial charge in [0.2, 0.25) is 0 Å². The summed E-state index contributed by atoms with van der Waals surface area (Å²) in [5, 5.41) is 0. The minimum absolute atomic E-state index is 0.0907. The smallest absolute Gasteiger partial charge is 0.306 e. The van der Waals surface area contributed by atoms with E-state index < -0.39 is 6.10 Å². The molecule has 6 nitrogen and oxygen atoms in total. The molecule has 0 bridgehead atoms. The normalized spacial score (nSPS) is 12.7. The van der Waals surface area contributed by atoms with E-state index in [2.05, 4.69) is 118 Å². The van der Waals surface area contributed by atoms with E-state index >= 15 is 0 Å². The number of hydrogen-bond acceptors (Lipinski definition) is 6. The van der Waals surface area contributed by atoms with Crippen molar-refractivity contribution >= 4 is 17.9 Å². The topological polar surface area (TPSA) is 78.9 Å². The molecular formula is C73H126O6. The van der Waals surface area contributed by atoms with E-state index in [4.69, 9.17) is 14.2 Å². The first kappa shape index (κ1) is 75.3. The van der Waals surface area contributed by atoms with Gasteiger partial charge in [-0.05, 0) is 122 Å². The maximum absolute atomic E-state index is 12.9. The molecule has 0 aromatic rings. The van der Waals surface area contributed by atoms with Gasteiger partial charge in [0.25, 0.3) is 0 Å². The molecule has 454 valence electrons. The van der Waals surface area contributed by atoms with Crippen LogP contribution in [0.3, 0.4) is 0 Å². The second-order valence-corrected chi connectivity index (χ2v) is 22.3. The zero-order valence-corrected chi connectivity index (χ0v) is 52.1. The largest absolute Gasteiger partial charge is 0.462 e. The number of rotatable bonds is 61. The van der Waals surface area contributed by atoms with Crippen LogP contribution in [0.4, 0.5) is 0 Å². The molecule has 1 atom stereocenters. The van der Waals surface area contributed by atoms with Crippen LogP contribution >= 0.6 is 0 Å². The lowest BCUT2D eigenvalue weighted by Gasteiger charge is -2.18. The maximum atomic E-state index is 12.9. The molecule has 0 aliphatic rings. The van der Waals surface area contributed by atoms with Crippen LogP contribution < -0.4 is 0 Å². The number of hydrogen-bond donors (Lipinski definition) is 0. The predicted molar refractivity (Wildman–Crippen MR) is 344 cm³/mol. The lowest BCUT2D eigenvalue weighted by Crippen LogP contribution is -2.30. The van der Waals surface area contributed by atoms with Crippen molar-refractivity contribution in [3.63, 3.8) is 0 Å². The van der Waals surface area contributed by atoms with Crippen molar-refractivity contribution < 1.29 is 28.6 Å². The summed E-state index contributed by atoms with van der Waals surface area (Å²) in [5.41, 5.74) is 0. The molecule has 0 fully saturated rings. The fourth-order valence-corrected chi connectivity index (χ4v) is 9.50. The van der Waals surface area contributed by atoms with Crippen molar-refractivity contribution in [3.8, 4) is 0 Å². The van der Waals surface area contributed by atoms with Gasteiger partial charge in [-0.1, -0.05) is 285 Å². The standard InChI is InChI=1S/C73H126O6/c1-4-7-10-13-16-19-22-25-28-31-33-35-36-38-39-42-45-48-51-54-57-60-63-66-72(75)78-69-70(68-77-71(74)65-62-59-56-53-50-47-44-41-30-27-24-21-18-15-12-9-6-3)79-73(76)67-64-61-58-55-52-49-46-43-40-37-34-32-29-26-23-20-17-14-11-8-5-2/h9,12,18,21,23,26-27,30-34,40,43-44,47,70H,4-8,10-11,13-17,19-20,22,24-25,28-29,35-39,41-42,45-46,48-69H2,1-3H3/b12-9-,21-18-,26-23-,30-27-,33-31-,34-32-,43-40-,47-44-. The van der Waals surface area contributed by atoms with Crippen LogP contribution in [0.1, 0.15) is 329 Å². The zero-order valence-electron chi connectivity index (χ0n) is 52.1. The highest BCUT2D eigenvalue weighted by molar-refractivity contribution is 5.71. The minimum Gasteiger partial charge on any atom is -0.462 e. The fraction of sp³-hybridized carbons (Fsp3) is 0.740. The number of carbonyl (C=O) groups is 3. The van der Waals surface area contributed by atoms with Gasteiger partial charge >= 0.3 is 17.9 Å². The van der Waals surface area contributed by atoms with Crippen molar-refractivity contribution in [2.45, 2.75) is 335 Å². The van der Waals surface area contributed by atoms with E-state index in [1.54, 1.807) is 0 Å². The van der Waals surface area contributed by atoms with Crippen LogP contribution in [0.15, 0.2) is 97.2 Å². The monoisotopic (exact) mass is 1100 g/mol. The first-order chi connectivity index (χ1) is 39.0. The summed E-state index contributed by atoms with van der Waals surface area (Å²) < 4.78 is 16.9. The molecule has 0 radical (unpaired) electrons. The van der Waals surface area contributed by atoms with E-state index in [1.807, 2.05) is 0 Å². The van der Waals surface area contributed by atoms with Crippen molar-refractivity contribution in [1.82, 2.24) is 0 Å². The average molecular weight is 1100 g/mol.